The van der Waals surface area contributed by atoms with E-state index in [0.717, 1.165) is 36.5 Å². The van der Waals surface area contributed by atoms with E-state index >= 15 is 0 Å². The van der Waals surface area contributed by atoms with Crippen LogP contribution in [0.15, 0.2) is 11.4 Å². The third-order valence-electron chi connectivity index (χ3n) is 4.30. The maximum atomic E-state index is 12.4. The van der Waals surface area contributed by atoms with E-state index < -0.39 is 0 Å². The van der Waals surface area contributed by atoms with Crippen molar-refractivity contribution in [1.29, 1.82) is 0 Å². The molecule has 0 spiro atoms. The Kier molecular flexibility index (Phi) is 5.86. The number of nitrogens with zero attached hydrogens (tertiary/aromatic N) is 2. The molecule has 3 rings (SSSR count). The number of rotatable bonds is 6. The molecule has 0 unspecified atom stereocenters. The van der Waals surface area contributed by atoms with E-state index in [1.165, 1.54) is 21.8 Å². The van der Waals surface area contributed by atoms with Crippen LogP contribution in [-0.4, -0.2) is 34.8 Å². The second-order valence-electron chi connectivity index (χ2n) is 6.21. The van der Waals surface area contributed by atoms with Crippen LogP contribution in [0.5, 0.6) is 0 Å². The van der Waals surface area contributed by atoms with Crippen molar-refractivity contribution in [3.05, 3.63) is 37.5 Å². The summed E-state index contributed by atoms with van der Waals surface area (Å²) in [6, 6.07) is 2.10. The summed E-state index contributed by atoms with van der Waals surface area (Å²) in [4.78, 5) is 33.1. The van der Waals surface area contributed by atoms with E-state index in [1.54, 1.807) is 11.3 Å². The molecule has 0 atom stereocenters. The van der Waals surface area contributed by atoms with Gasteiger partial charge in [0.15, 0.2) is 0 Å². The quantitative estimate of drug-likeness (QED) is 0.841. The molecule has 25 heavy (non-hydrogen) atoms. The predicted molar refractivity (Wildman–Crippen MR) is 101 cm³/mol. The Morgan fingerprint density at radius 3 is 3.04 bits per heavy atom. The lowest BCUT2D eigenvalue weighted by molar-refractivity contribution is -0.131. The first kappa shape index (κ1) is 18.1. The maximum Gasteiger partial charge on any atom is 0.263 e. The SMILES string of the molecule is CCCc1nc(C)c(C(=O)NCCC(=O)N2CCc3sccc3C2)s1. The normalized spacial score (nSPS) is 13.6. The predicted octanol–water partition coefficient (Wildman–Crippen LogP) is 3.17. The highest BCUT2D eigenvalue weighted by atomic mass is 32.1. The fraction of sp³-hybridized carbons (Fsp3) is 0.500. The summed E-state index contributed by atoms with van der Waals surface area (Å²) in [7, 11) is 0. The number of thiazole rings is 1. The monoisotopic (exact) mass is 377 g/mol. The minimum atomic E-state index is -0.121. The fourth-order valence-electron chi connectivity index (χ4n) is 2.97. The van der Waals surface area contributed by atoms with Crippen molar-refractivity contribution in [3.63, 3.8) is 0 Å². The van der Waals surface area contributed by atoms with Crippen LogP contribution in [0, 0.1) is 6.92 Å². The molecule has 1 aliphatic rings. The third-order valence-corrected chi connectivity index (χ3v) is 6.53. The van der Waals surface area contributed by atoms with E-state index in [2.05, 4.69) is 28.7 Å². The summed E-state index contributed by atoms with van der Waals surface area (Å²) in [6.07, 6.45) is 3.19. The maximum absolute atomic E-state index is 12.4. The number of thiophene rings is 1. The van der Waals surface area contributed by atoms with Crippen molar-refractivity contribution < 1.29 is 9.59 Å². The Hall–Kier alpha value is -1.73. The molecule has 3 heterocycles. The zero-order valence-electron chi connectivity index (χ0n) is 14.6. The second kappa shape index (κ2) is 8.10. The lowest BCUT2D eigenvalue weighted by Crippen LogP contribution is -2.37. The summed E-state index contributed by atoms with van der Waals surface area (Å²) in [5.74, 6) is -0.0197. The van der Waals surface area contributed by atoms with E-state index in [4.69, 9.17) is 0 Å². The van der Waals surface area contributed by atoms with Crippen molar-refractivity contribution in [2.45, 2.75) is 46.1 Å². The number of hydrogen-bond acceptors (Lipinski definition) is 5. The zero-order valence-corrected chi connectivity index (χ0v) is 16.3. The molecule has 0 aliphatic carbocycles. The largest absolute Gasteiger partial charge is 0.351 e. The highest BCUT2D eigenvalue weighted by molar-refractivity contribution is 7.13. The van der Waals surface area contributed by atoms with Crippen LogP contribution in [0.2, 0.25) is 0 Å². The minimum absolute atomic E-state index is 0.102. The van der Waals surface area contributed by atoms with Gasteiger partial charge in [-0.1, -0.05) is 6.92 Å². The molecule has 0 saturated heterocycles. The van der Waals surface area contributed by atoms with Crippen LogP contribution >= 0.6 is 22.7 Å². The van der Waals surface area contributed by atoms with Gasteiger partial charge in [0.05, 0.1) is 10.7 Å². The number of aryl methyl sites for hydroxylation is 2. The average molecular weight is 378 g/mol. The summed E-state index contributed by atoms with van der Waals surface area (Å²) in [5, 5.41) is 5.95. The van der Waals surface area contributed by atoms with Crippen LogP contribution < -0.4 is 5.32 Å². The Morgan fingerprint density at radius 2 is 2.24 bits per heavy atom. The number of carbonyl (C=O) groups excluding carboxylic acids is 2. The smallest absolute Gasteiger partial charge is 0.263 e. The van der Waals surface area contributed by atoms with Gasteiger partial charge in [-0.3, -0.25) is 9.59 Å². The van der Waals surface area contributed by atoms with Crippen molar-refractivity contribution in [1.82, 2.24) is 15.2 Å². The van der Waals surface area contributed by atoms with E-state index in [0.29, 0.717) is 24.4 Å². The molecule has 0 bridgehead atoms. The summed E-state index contributed by atoms with van der Waals surface area (Å²) >= 11 is 3.22. The van der Waals surface area contributed by atoms with Crippen molar-refractivity contribution in [2.75, 3.05) is 13.1 Å². The Balaban J connectivity index is 1.48. The van der Waals surface area contributed by atoms with Gasteiger partial charge < -0.3 is 10.2 Å². The number of nitrogens with one attached hydrogen (secondary N) is 1. The first-order valence-corrected chi connectivity index (χ1v) is 10.4. The average Bonchev–Trinajstić information content (AvgIpc) is 3.20. The molecule has 5 nitrogen and oxygen atoms in total. The molecule has 2 aromatic rings. The first-order chi connectivity index (χ1) is 12.1. The molecule has 0 saturated carbocycles. The molecule has 0 radical (unpaired) electrons. The molecule has 2 aromatic heterocycles. The van der Waals surface area contributed by atoms with Gasteiger partial charge in [-0.2, -0.15) is 0 Å². The standard InChI is InChI=1S/C18H23N3O2S2/c1-3-4-15-20-12(2)17(25-15)18(23)19-8-5-16(22)21-9-6-14-13(11-21)7-10-24-14/h7,10H,3-6,8-9,11H2,1-2H3,(H,19,23). The van der Waals surface area contributed by atoms with E-state index in [1.807, 2.05) is 11.8 Å². The second-order valence-corrected chi connectivity index (χ2v) is 8.30. The number of hydrogen-bond donors (Lipinski definition) is 1. The Morgan fingerprint density at radius 1 is 1.40 bits per heavy atom. The summed E-state index contributed by atoms with van der Waals surface area (Å²) in [6.45, 7) is 5.79. The molecule has 7 heteroatoms. The van der Waals surface area contributed by atoms with Gasteiger partial charge in [-0.15, -0.1) is 22.7 Å². The number of aromatic nitrogens is 1. The molecule has 0 aromatic carbocycles. The lowest BCUT2D eigenvalue weighted by atomic mass is 10.1. The topological polar surface area (TPSA) is 62.3 Å². The van der Waals surface area contributed by atoms with Gasteiger partial charge in [0, 0.05) is 30.9 Å². The highest BCUT2D eigenvalue weighted by Crippen LogP contribution is 2.24. The van der Waals surface area contributed by atoms with Crippen LogP contribution in [0.25, 0.3) is 0 Å². The molecule has 1 N–H and O–H groups in total. The lowest BCUT2D eigenvalue weighted by Gasteiger charge is -2.27. The minimum Gasteiger partial charge on any atom is -0.351 e. The Bertz CT molecular complexity index is 766. The highest BCUT2D eigenvalue weighted by Gasteiger charge is 2.21. The van der Waals surface area contributed by atoms with Crippen LogP contribution in [0.1, 0.15) is 50.6 Å². The van der Waals surface area contributed by atoms with Gasteiger partial charge in [-0.05, 0) is 43.2 Å². The van der Waals surface area contributed by atoms with Crippen molar-refractivity contribution >= 4 is 34.5 Å². The molecule has 0 fully saturated rings. The fourth-order valence-corrected chi connectivity index (χ4v) is 4.94. The Labute approximate surface area is 156 Å². The van der Waals surface area contributed by atoms with E-state index in [-0.39, 0.29) is 11.8 Å². The van der Waals surface area contributed by atoms with Crippen LogP contribution in [-0.2, 0) is 24.2 Å². The molecule has 2 amide bonds. The van der Waals surface area contributed by atoms with Crippen molar-refractivity contribution in [2.24, 2.45) is 0 Å². The number of amides is 2. The summed E-state index contributed by atoms with van der Waals surface area (Å²) in [5.41, 5.74) is 2.04. The molecular weight excluding hydrogens is 354 g/mol. The molecular formula is C18H23N3O2S2. The third kappa shape index (κ3) is 4.27. The first-order valence-electron chi connectivity index (χ1n) is 8.66. The molecule has 134 valence electrons. The van der Waals surface area contributed by atoms with Gasteiger partial charge in [0.1, 0.15) is 4.88 Å². The van der Waals surface area contributed by atoms with Gasteiger partial charge in [-0.25, -0.2) is 4.98 Å². The molecule has 1 aliphatic heterocycles. The van der Waals surface area contributed by atoms with Gasteiger partial charge in [0.2, 0.25) is 5.91 Å². The van der Waals surface area contributed by atoms with Crippen molar-refractivity contribution in [3.8, 4) is 0 Å². The number of fused-ring (bicyclic) bond motifs is 1. The van der Waals surface area contributed by atoms with Gasteiger partial charge >= 0.3 is 0 Å². The zero-order chi connectivity index (χ0) is 17.8. The van der Waals surface area contributed by atoms with Gasteiger partial charge in [0.25, 0.3) is 5.91 Å². The van der Waals surface area contributed by atoms with Crippen LogP contribution in [0.4, 0.5) is 0 Å². The number of carbonyl (C=O) groups is 2. The van der Waals surface area contributed by atoms with E-state index in [9.17, 15) is 9.59 Å². The van der Waals surface area contributed by atoms with Crippen LogP contribution in [0.3, 0.4) is 0 Å². The summed E-state index contributed by atoms with van der Waals surface area (Å²) < 4.78 is 0.